The first kappa shape index (κ1) is 27.9. The number of cyclic esters (lactones) is 1. The van der Waals surface area contributed by atoms with Crippen molar-refractivity contribution in [3.8, 4) is 23.0 Å². The maximum Gasteiger partial charge on any atom is 0.320 e. The van der Waals surface area contributed by atoms with Gasteiger partial charge < -0.3 is 42.8 Å². The molecule has 0 spiro atoms. The lowest BCUT2D eigenvalue weighted by atomic mass is 9.79. The number of esters is 1. The first-order valence-corrected chi connectivity index (χ1v) is 13.5. The van der Waals surface area contributed by atoms with Crippen molar-refractivity contribution in [2.45, 2.75) is 25.0 Å². The molecule has 2 aromatic carbocycles. The molecule has 0 amide bonds. The van der Waals surface area contributed by atoms with E-state index >= 15 is 0 Å². The van der Waals surface area contributed by atoms with Gasteiger partial charge in [-0.1, -0.05) is 0 Å². The number of ether oxygens (including phenoxy) is 8. The van der Waals surface area contributed by atoms with Gasteiger partial charge in [0.2, 0.25) is 18.3 Å². The molecule has 3 atom stereocenters. The number of carbonyl (C=O) groups excluding carboxylic acids is 1. The largest absolute Gasteiger partial charge is 0.497 e. The van der Waals surface area contributed by atoms with E-state index in [1.165, 1.54) is 19.1 Å². The molecule has 0 bridgehead atoms. The van der Waals surface area contributed by atoms with E-state index in [2.05, 4.69) is 4.90 Å². The summed E-state index contributed by atoms with van der Waals surface area (Å²) in [6.07, 6.45) is 4.22. The molecule has 10 heteroatoms. The fourth-order valence-corrected chi connectivity index (χ4v) is 5.81. The van der Waals surface area contributed by atoms with Crippen LogP contribution < -0.4 is 18.9 Å². The lowest BCUT2D eigenvalue weighted by Crippen LogP contribution is -2.41. The van der Waals surface area contributed by atoms with Crippen molar-refractivity contribution in [3.05, 3.63) is 59.5 Å². The maximum absolute atomic E-state index is 13.7. The molecular formula is C30H37NO9. The van der Waals surface area contributed by atoms with Crippen molar-refractivity contribution in [2.24, 2.45) is 11.8 Å². The second-order valence-corrected chi connectivity index (χ2v) is 9.99. The molecule has 0 saturated carbocycles. The minimum atomic E-state index is -1.39. The van der Waals surface area contributed by atoms with Crippen LogP contribution in [0.25, 0.3) is 0 Å². The van der Waals surface area contributed by atoms with E-state index in [0.717, 1.165) is 25.2 Å². The first-order chi connectivity index (χ1) is 19.5. The Hall–Kier alpha value is -3.63. The second kappa shape index (κ2) is 12.3. The molecule has 2 aromatic rings. The Kier molecular flexibility index (Phi) is 8.56. The summed E-state index contributed by atoms with van der Waals surface area (Å²) in [7, 11) is 6.32. The van der Waals surface area contributed by atoms with Crippen LogP contribution in [0.4, 0.5) is 0 Å². The molecular weight excluding hydrogens is 518 g/mol. The number of nitrogens with zero attached hydrogens (tertiary/aromatic N) is 1. The van der Waals surface area contributed by atoms with Crippen LogP contribution in [0.3, 0.4) is 0 Å². The second-order valence-electron chi connectivity index (χ2n) is 9.99. The van der Waals surface area contributed by atoms with Crippen molar-refractivity contribution in [1.29, 1.82) is 0 Å². The van der Waals surface area contributed by atoms with Crippen LogP contribution in [0.2, 0.25) is 0 Å². The zero-order chi connectivity index (χ0) is 28.1. The molecule has 2 fully saturated rings. The first-order valence-electron chi connectivity index (χ1n) is 13.5. The lowest BCUT2D eigenvalue weighted by molar-refractivity contribution is -0.238. The number of hydrogen-bond donors (Lipinski definition) is 0. The molecule has 3 heterocycles. The molecule has 0 radical (unpaired) electrons. The van der Waals surface area contributed by atoms with Crippen molar-refractivity contribution < 1.29 is 42.7 Å². The summed E-state index contributed by atoms with van der Waals surface area (Å²) in [6, 6.07) is 11.2. The van der Waals surface area contributed by atoms with Gasteiger partial charge in [-0.25, -0.2) is 0 Å². The molecule has 10 nitrogen and oxygen atoms in total. The third-order valence-electron chi connectivity index (χ3n) is 7.79. The van der Waals surface area contributed by atoms with E-state index in [1.807, 2.05) is 36.4 Å². The van der Waals surface area contributed by atoms with Gasteiger partial charge in [0.05, 0.1) is 41.0 Å². The minimum Gasteiger partial charge on any atom is -0.497 e. The quantitative estimate of drug-likeness (QED) is 0.360. The van der Waals surface area contributed by atoms with Gasteiger partial charge in [0, 0.05) is 12.1 Å². The molecule has 40 heavy (non-hydrogen) atoms. The summed E-state index contributed by atoms with van der Waals surface area (Å²) in [5.41, 5.74) is 1.56. The van der Waals surface area contributed by atoms with Gasteiger partial charge in [-0.3, -0.25) is 4.79 Å². The summed E-state index contributed by atoms with van der Waals surface area (Å²) in [4.78, 5) is 16.0. The van der Waals surface area contributed by atoms with E-state index < -0.39 is 23.6 Å². The van der Waals surface area contributed by atoms with Crippen LogP contribution in [-0.2, 0) is 35.9 Å². The topological polar surface area (TPSA) is 94.2 Å². The average molecular weight is 556 g/mol. The lowest BCUT2D eigenvalue weighted by Gasteiger charge is -2.35. The van der Waals surface area contributed by atoms with E-state index in [1.54, 1.807) is 28.4 Å². The highest BCUT2D eigenvalue weighted by Crippen LogP contribution is 2.51. The normalized spacial score (nSPS) is 24.2. The summed E-state index contributed by atoms with van der Waals surface area (Å²) < 4.78 is 46.2. The van der Waals surface area contributed by atoms with Crippen molar-refractivity contribution in [1.82, 2.24) is 4.90 Å². The number of rotatable bonds is 12. The fraction of sp³-hybridized carbons (Fsp3) is 0.500. The highest BCUT2D eigenvalue weighted by Gasteiger charge is 2.60. The Morgan fingerprint density at radius 3 is 2.23 bits per heavy atom. The summed E-state index contributed by atoms with van der Waals surface area (Å²) >= 11 is 0. The maximum atomic E-state index is 13.7. The number of hydrogen-bond acceptors (Lipinski definition) is 10. The number of methoxy groups -OCH3 is 4. The Labute approximate surface area is 234 Å². The Morgan fingerprint density at radius 2 is 1.65 bits per heavy atom. The van der Waals surface area contributed by atoms with Gasteiger partial charge >= 0.3 is 5.97 Å². The van der Waals surface area contributed by atoms with Crippen LogP contribution >= 0.6 is 0 Å². The number of carbonyl (C=O) groups is 1. The van der Waals surface area contributed by atoms with Gasteiger partial charge in [-0.05, 0) is 74.3 Å². The summed E-state index contributed by atoms with van der Waals surface area (Å²) in [6.45, 7) is 3.23. The fourth-order valence-electron chi connectivity index (χ4n) is 5.81. The molecule has 3 unspecified atom stereocenters. The van der Waals surface area contributed by atoms with Crippen LogP contribution in [0.5, 0.6) is 23.0 Å². The molecule has 0 N–H and O–H groups in total. The van der Waals surface area contributed by atoms with Crippen LogP contribution in [0.15, 0.2) is 48.4 Å². The highest BCUT2D eigenvalue weighted by molar-refractivity contribution is 5.79. The average Bonchev–Trinajstić information content (AvgIpc) is 3.75. The Bertz CT molecular complexity index is 1180. The summed E-state index contributed by atoms with van der Waals surface area (Å²) in [5, 5.41) is 0. The zero-order valence-corrected chi connectivity index (χ0v) is 23.5. The van der Waals surface area contributed by atoms with E-state index in [9.17, 15) is 4.79 Å². The highest BCUT2D eigenvalue weighted by atomic mass is 16.7. The smallest absolute Gasteiger partial charge is 0.320 e. The van der Waals surface area contributed by atoms with Gasteiger partial charge in [0.1, 0.15) is 23.7 Å². The predicted octanol–water partition coefficient (Wildman–Crippen LogP) is 3.86. The monoisotopic (exact) mass is 555 g/mol. The van der Waals surface area contributed by atoms with Gasteiger partial charge in [-0.2, -0.15) is 0 Å². The van der Waals surface area contributed by atoms with Crippen molar-refractivity contribution in [3.63, 3.8) is 0 Å². The molecule has 216 valence electrons. The third kappa shape index (κ3) is 5.38. The molecule has 0 aliphatic carbocycles. The molecule has 5 rings (SSSR count). The van der Waals surface area contributed by atoms with Gasteiger partial charge in [0.15, 0.2) is 11.5 Å². The van der Waals surface area contributed by atoms with E-state index in [4.69, 9.17) is 37.9 Å². The molecule has 3 aliphatic rings. The number of likely N-dealkylation sites (tertiary alicyclic amines) is 1. The minimum absolute atomic E-state index is 0.0430. The van der Waals surface area contributed by atoms with Crippen LogP contribution in [0.1, 0.15) is 24.0 Å². The summed E-state index contributed by atoms with van der Waals surface area (Å²) in [5.74, 6) is -0.464. The van der Waals surface area contributed by atoms with Crippen molar-refractivity contribution >= 4 is 5.97 Å². The van der Waals surface area contributed by atoms with E-state index in [-0.39, 0.29) is 6.79 Å². The zero-order valence-electron chi connectivity index (χ0n) is 23.5. The third-order valence-corrected chi connectivity index (χ3v) is 7.79. The van der Waals surface area contributed by atoms with Crippen molar-refractivity contribution in [2.75, 3.05) is 61.5 Å². The van der Waals surface area contributed by atoms with E-state index in [0.29, 0.717) is 47.3 Å². The Morgan fingerprint density at radius 1 is 0.950 bits per heavy atom. The predicted molar refractivity (Wildman–Crippen MR) is 144 cm³/mol. The standard InChI is InChI=1S/C30H37NO9/c1-33-22-9-7-21(8-10-22)30(39-14-13-31-11-5-6-12-31)23(27(29(32)40-30)26-18-37-19-38-26)15-20-16-24(34-2)28(36-4)25(17-20)35-3/h7-10,16-18,23,27H,5-6,11-15,19H2,1-4H3. The Balaban J connectivity index is 1.58. The molecule has 0 aromatic heterocycles. The molecule has 3 aliphatic heterocycles. The molecule has 2 saturated heterocycles. The number of benzene rings is 2. The van der Waals surface area contributed by atoms with Crippen LogP contribution in [-0.4, -0.2) is 72.3 Å². The van der Waals surface area contributed by atoms with Gasteiger partial charge in [-0.15, -0.1) is 0 Å². The SMILES string of the molecule is COc1ccc(C2(OCCN3CCCC3)OC(=O)C(C3=COCO3)C2Cc2cc(OC)c(OC)c(OC)c2)cc1. The van der Waals surface area contributed by atoms with Gasteiger partial charge in [0.25, 0.3) is 0 Å². The van der Waals surface area contributed by atoms with Crippen LogP contribution in [0, 0.1) is 11.8 Å².